The molecule has 0 aliphatic carbocycles. The Bertz CT molecular complexity index is 801. The first-order valence-corrected chi connectivity index (χ1v) is 12.9. The SMILES string of the molecule is O=C(CO)CNc1c(I)c(CC(=O)NCC(O)CO)c(I)c(CC(=O)NCC(O)CO)c1I. The molecule has 0 spiro atoms. The molecule has 1 rings (SSSR count). The molecule has 0 bridgehead atoms. The Labute approximate surface area is 231 Å². The minimum absolute atomic E-state index is 0.0773. The molecular weight excluding hydrogens is 779 g/mol. The van der Waals surface area contributed by atoms with Crippen LogP contribution in [0.2, 0.25) is 0 Å². The minimum Gasteiger partial charge on any atom is -0.394 e. The number of anilines is 1. The number of carbonyl (C=O) groups is 3. The molecule has 1 aromatic carbocycles. The summed E-state index contributed by atoms with van der Waals surface area (Å²) < 4.78 is 1.98. The fraction of sp³-hybridized carbons (Fsp3) is 0.526. The standard InChI is InChI=1S/C19H26I3N3O8/c20-16-12(1-14(32)23-3-9(29)6-26)17(21)19(25-5-11(31)8-28)18(22)13(16)2-15(33)24-4-10(30)7-27/h9-10,25-30H,1-8H2,(H,23,32)(H,24,33). The zero-order chi connectivity index (χ0) is 25.1. The third kappa shape index (κ3) is 10.0. The van der Waals surface area contributed by atoms with Crippen LogP contribution in [0.4, 0.5) is 5.69 Å². The van der Waals surface area contributed by atoms with Gasteiger partial charge < -0.3 is 41.5 Å². The smallest absolute Gasteiger partial charge is 0.224 e. The molecule has 0 saturated heterocycles. The van der Waals surface area contributed by atoms with Crippen LogP contribution in [0.1, 0.15) is 11.1 Å². The van der Waals surface area contributed by atoms with Crippen LogP contribution in [0.15, 0.2) is 0 Å². The summed E-state index contributed by atoms with van der Waals surface area (Å²) in [7, 11) is 0. The van der Waals surface area contributed by atoms with E-state index in [0.29, 0.717) is 27.5 Å². The second-order valence-electron chi connectivity index (χ2n) is 6.96. The van der Waals surface area contributed by atoms with Crippen LogP contribution in [0, 0.1) is 10.7 Å². The van der Waals surface area contributed by atoms with Crippen molar-refractivity contribution >= 4 is 91.1 Å². The topological polar surface area (TPSA) is 188 Å². The van der Waals surface area contributed by atoms with Gasteiger partial charge in [0.15, 0.2) is 5.78 Å². The average Bonchev–Trinajstić information content (AvgIpc) is 2.80. The lowest BCUT2D eigenvalue weighted by Crippen LogP contribution is -2.36. The number of amides is 2. The molecule has 2 atom stereocenters. The van der Waals surface area contributed by atoms with Gasteiger partial charge in [0.25, 0.3) is 0 Å². The predicted molar refractivity (Wildman–Crippen MR) is 145 cm³/mol. The van der Waals surface area contributed by atoms with Gasteiger partial charge in [0.05, 0.1) is 50.5 Å². The van der Waals surface area contributed by atoms with E-state index < -0.39 is 49.6 Å². The number of aliphatic hydroxyl groups excluding tert-OH is 5. The van der Waals surface area contributed by atoms with Crippen molar-refractivity contribution in [2.24, 2.45) is 0 Å². The number of carbonyl (C=O) groups excluding carboxylic acids is 3. The van der Waals surface area contributed by atoms with Crippen molar-refractivity contribution in [3.63, 3.8) is 0 Å². The molecule has 0 aromatic heterocycles. The number of ketones is 1. The van der Waals surface area contributed by atoms with Gasteiger partial charge in [0.1, 0.15) is 6.61 Å². The fourth-order valence-electron chi connectivity index (χ4n) is 2.52. The van der Waals surface area contributed by atoms with Gasteiger partial charge in [-0.3, -0.25) is 14.4 Å². The normalized spacial score (nSPS) is 12.7. The summed E-state index contributed by atoms with van der Waals surface area (Å²) in [6.45, 7) is -2.00. The maximum absolute atomic E-state index is 12.4. The molecular formula is C19H26I3N3O8. The van der Waals surface area contributed by atoms with Crippen LogP contribution in [-0.2, 0) is 27.2 Å². The highest BCUT2D eigenvalue weighted by Gasteiger charge is 2.24. The number of benzene rings is 1. The van der Waals surface area contributed by atoms with Gasteiger partial charge in [0, 0.05) is 23.8 Å². The maximum Gasteiger partial charge on any atom is 0.224 e. The van der Waals surface area contributed by atoms with Crippen LogP contribution >= 0.6 is 67.8 Å². The number of halogens is 3. The van der Waals surface area contributed by atoms with Crippen molar-refractivity contribution in [1.29, 1.82) is 0 Å². The van der Waals surface area contributed by atoms with E-state index in [1.165, 1.54) is 0 Å². The molecule has 0 fully saturated rings. The van der Waals surface area contributed by atoms with Crippen LogP contribution < -0.4 is 16.0 Å². The molecule has 2 amide bonds. The molecule has 186 valence electrons. The van der Waals surface area contributed by atoms with Gasteiger partial charge in [-0.1, -0.05) is 0 Å². The lowest BCUT2D eigenvalue weighted by Gasteiger charge is -2.20. The van der Waals surface area contributed by atoms with Crippen LogP contribution in [0.5, 0.6) is 0 Å². The minimum atomic E-state index is -1.08. The predicted octanol–water partition coefficient (Wildman–Crippen LogP) is -1.50. The quantitative estimate of drug-likeness (QED) is 0.104. The molecule has 0 heterocycles. The van der Waals surface area contributed by atoms with Crippen LogP contribution in [-0.4, -0.2) is 94.8 Å². The summed E-state index contributed by atoms with van der Waals surface area (Å²) in [6.07, 6.45) is -2.32. The fourth-order valence-corrected chi connectivity index (χ4v) is 6.83. The van der Waals surface area contributed by atoms with Gasteiger partial charge in [0.2, 0.25) is 11.8 Å². The van der Waals surface area contributed by atoms with E-state index >= 15 is 0 Å². The second-order valence-corrected chi connectivity index (χ2v) is 10.2. The Morgan fingerprint density at radius 3 is 1.55 bits per heavy atom. The molecule has 0 aliphatic heterocycles. The highest BCUT2D eigenvalue weighted by atomic mass is 127. The monoisotopic (exact) mass is 805 g/mol. The number of rotatable bonds is 14. The lowest BCUT2D eigenvalue weighted by molar-refractivity contribution is -0.121. The van der Waals surface area contributed by atoms with Gasteiger partial charge in [-0.15, -0.1) is 0 Å². The van der Waals surface area contributed by atoms with Crippen molar-refractivity contribution in [3.05, 3.63) is 21.8 Å². The third-order valence-electron chi connectivity index (χ3n) is 4.30. The Morgan fingerprint density at radius 1 is 0.758 bits per heavy atom. The lowest BCUT2D eigenvalue weighted by atomic mass is 10.0. The Morgan fingerprint density at radius 2 is 1.18 bits per heavy atom. The summed E-state index contributed by atoms with van der Waals surface area (Å²) in [4.78, 5) is 36.5. The largest absolute Gasteiger partial charge is 0.394 e. The van der Waals surface area contributed by atoms with Gasteiger partial charge in [-0.2, -0.15) is 0 Å². The van der Waals surface area contributed by atoms with E-state index in [9.17, 15) is 24.6 Å². The molecule has 0 aliphatic rings. The summed E-state index contributed by atoms with van der Waals surface area (Å²) >= 11 is 6.12. The average molecular weight is 805 g/mol. The van der Waals surface area contributed by atoms with Crippen LogP contribution in [0.3, 0.4) is 0 Å². The third-order valence-corrected chi connectivity index (χ3v) is 7.99. The van der Waals surface area contributed by atoms with E-state index in [-0.39, 0.29) is 32.5 Å². The number of hydrogen-bond acceptors (Lipinski definition) is 9. The van der Waals surface area contributed by atoms with Crippen molar-refractivity contribution < 1.29 is 39.9 Å². The summed E-state index contributed by atoms with van der Waals surface area (Å²) in [5.74, 6) is -1.24. The second kappa shape index (κ2) is 15.6. The van der Waals surface area contributed by atoms with Gasteiger partial charge in [-0.25, -0.2) is 0 Å². The highest BCUT2D eigenvalue weighted by Crippen LogP contribution is 2.36. The van der Waals surface area contributed by atoms with Gasteiger partial charge >= 0.3 is 0 Å². The van der Waals surface area contributed by atoms with Crippen molar-refractivity contribution in [2.45, 2.75) is 25.0 Å². The maximum atomic E-state index is 12.4. The van der Waals surface area contributed by atoms with Crippen molar-refractivity contribution in [2.75, 3.05) is 44.8 Å². The van der Waals surface area contributed by atoms with Gasteiger partial charge in [-0.05, 0) is 78.9 Å². The van der Waals surface area contributed by atoms with Crippen molar-refractivity contribution in [1.82, 2.24) is 10.6 Å². The first-order chi connectivity index (χ1) is 15.5. The van der Waals surface area contributed by atoms with E-state index in [1.54, 1.807) is 0 Å². The zero-order valence-electron chi connectivity index (χ0n) is 17.4. The zero-order valence-corrected chi connectivity index (χ0v) is 23.9. The van der Waals surface area contributed by atoms with Crippen LogP contribution in [0.25, 0.3) is 0 Å². The first kappa shape index (κ1) is 30.7. The number of Topliss-reactive ketones (excluding diaryl/α,β-unsaturated/α-hetero) is 1. The molecule has 33 heavy (non-hydrogen) atoms. The summed E-state index contributed by atoms with van der Waals surface area (Å²) in [5, 5.41) is 53.8. The Kier molecular flexibility index (Phi) is 14.5. The molecule has 1 aromatic rings. The molecule has 14 heteroatoms. The van der Waals surface area contributed by atoms with E-state index in [4.69, 9.17) is 15.3 Å². The molecule has 11 nitrogen and oxygen atoms in total. The number of hydrogen-bond donors (Lipinski definition) is 8. The molecule has 8 N–H and O–H groups in total. The molecule has 0 radical (unpaired) electrons. The molecule has 0 saturated carbocycles. The molecule has 2 unspecified atom stereocenters. The van der Waals surface area contributed by atoms with E-state index in [1.807, 2.05) is 67.8 Å². The number of aliphatic hydroxyl groups is 5. The Balaban J connectivity index is 3.27. The number of nitrogens with one attached hydrogen (secondary N) is 3. The van der Waals surface area contributed by atoms with E-state index in [0.717, 1.165) is 0 Å². The summed E-state index contributed by atoms with van der Waals surface area (Å²) in [5.41, 5.74) is 1.74. The van der Waals surface area contributed by atoms with Crippen molar-refractivity contribution in [3.8, 4) is 0 Å². The summed E-state index contributed by atoms with van der Waals surface area (Å²) in [6, 6.07) is 0. The Hall–Kier alpha value is -0.380. The first-order valence-electron chi connectivity index (χ1n) is 9.71. The van der Waals surface area contributed by atoms with E-state index in [2.05, 4.69) is 16.0 Å². The highest BCUT2D eigenvalue weighted by molar-refractivity contribution is 14.1.